The van der Waals surface area contributed by atoms with Crippen LogP contribution in [-0.2, 0) is 6.42 Å². The molecule has 1 N–H and O–H groups in total. The van der Waals surface area contributed by atoms with Gasteiger partial charge in [-0.2, -0.15) is 0 Å². The fourth-order valence-corrected chi connectivity index (χ4v) is 3.44. The number of carbonyl (C=O) groups is 1. The molecule has 1 aliphatic heterocycles. The van der Waals surface area contributed by atoms with Gasteiger partial charge in [0.1, 0.15) is 5.69 Å². The maximum Gasteiger partial charge on any atom is 0.274 e. The highest BCUT2D eigenvalue weighted by atomic mass is 16.2. The number of piperidine rings is 1. The molecule has 134 valence electrons. The highest BCUT2D eigenvalue weighted by Crippen LogP contribution is 2.27. The Morgan fingerprint density at radius 3 is 3.00 bits per heavy atom. The molecule has 1 saturated heterocycles. The first kappa shape index (κ1) is 16.4. The number of carbonyl (C=O) groups excluding carboxylic acids is 1. The molecule has 0 saturated carbocycles. The number of nitrogens with one attached hydrogen (secondary N) is 1. The fraction of sp³-hybridized carbons (Fsp3) is 0.389. The molecule has 1 fully saturated rings. The molecule has 0 aliphatic carbocycles. The Bertz CT molecular complexity index is 994. The highest BCUT2D eigenvalue weighted by molar-refractivity contribution is 5.92. The molecule has 3 aromatic heterocycles. The highest BCUT2D eigenvalue weighted by Gasteiger charge is 2.27. The van der Waals surface area contributed by atoms with Crippen molar-refractivity contribution in [3.05, 3.63) is 58.2 Å². The number of hydrogen-bond acceptors (Lipinski definition) is 5. The van der Waals surface area contributed by atoms with Crippen LogP contribution in [0.25, 0.3) is 5.65 Å². The van der Waals surface area contributed by atoms with Gasteiger partial charge in [0.25, 0.3) is 11.5 Å². The third-order valence-electron chi connectivity index (χ3n) is 4.82. The summed E-state index contributed by atoms with van der Waals surface area (Å²) < 4.78 is 1.47. The number of hydrogen-bond donors (Lipinski definition) is 1. The van der Waals surface area contributed by atoms with Crippen LogP contribution in [0.5, 0.6) is 0 Å². The number of rotatable bonds is 3. The maximum atomic E-state index is 12.6. The van der Waals surface area contributed by atoms with E-state index in [0.29, 0.717) is 24.4 Å². The SMILES string of the molecule is CCc1cc(=O)n2[nH]c([C@H]3CCCN(C(=O)c4cnccn4)C3)cc2n1. The number of aromatic amines is 1. The van der Waals surface area contributed by atoms with Gasteiger partial charge in [0.2, 0.25) is 0 Å². The Balaban J connectivity index is 1.60. The summed E-state index contributed by atoms with van der Waals surface area (Å²) >= 11 is 0. The minimum absolute atomic E-state index is 0.109. The van der Waals surface area contributed by atoms with Crippen molar-refractivity contribution in [1.82, 2.24) is 29.5 Å². The van der Waals surface area contributed by atoms with Gasteiger partial charge in [-0.1, -0.05) is 6.92 Å². The largest absolute Gasteiger partial charge is 0.337 e. The molecule has 26 heavy (non-hydrogen) atoms. The van der Waals surface area contributed by atoms with E-state index in [-0.39, 0.29) is 17.4 Å². The second-order valence-corrected chi connectivity index (χ2v) is 6.53. The third-order valence-corrected chi connectivity index (χ3v) is 4.82. The Morgan fingerprint density at radius 2 is 2.23 bits per heavy atom. The fourth-order valence-electron chi connectivity index (χ4n) is 3.44. The smallest absolute Gasteiger partial charge is 0.274 e. The molecular formula is C18H20N6O2. The first-order valence-electron chi connectivity index (χ1n) is 8.82. The zero-order valence-electron chi connectivity index (χ0n) is 14.6. The minimum Gasteiger partial charge on any atom is -0.337 e. The predicted octanol–water partition coefficient (Wildman–Crippen LogP) is 1.39. The average molecular weight is 352 g/mol. The van der Waals surface area contributed by atoms with E-state index in [1.165, 1.54) is 16.9 Å². The van der Waals surface area contributed by atoms with E-state index in [0.717, 1.165) is 30.7 Å². The number of fused-ring (bicyclic) bond motifs is 1. The molecule has 8 heteroatoms. The van der Waals surface area contributed by atoms with E-state index in [1.807, 2.05) is 13.0 Å². The molecular weight excluding hydrogens is 332 g/mol. The Hall–Kier alpha value is -3.03. The van der Waals surface area contributed by atoms with E-state index < -0.39 is 0 Å². The van der Waals surface area contributed by atoms with Crippen molar-refractivity contribution in [3.8, 4) is 0 Å². The lowest BCUT2D eigenvalue weighted by Crippen LogP contribution is -2.39. The molecule has 8 nitrogen and oxygen atoms in total. The van der Waals surface area contributed by atoms with Crippen molar-refractivity contribution in [1.29, 1.82) is 0 Å². The summed E-state index contributed by atoms with van der Waals surface area (Å²) in [4.78, 5) is 39.2. The Morgan fingerprint density at radius 1 is 1.35 bits per heavy atom. The molecule has 3 aromatic rings. The molecule has 0 bridgehead atoms. The molecule has 1 aliphatic rings. The number of aromatic nitrogens is 5. The minimum atomic E-state index is -0.110. The van der Waals surface area contributed by atoms with Crippen molar-refractivity contribution >= 4 is 11.6 Å². The van der Waals surface area contributed by atoms with Gasteiger partial charge in [-0.05, 0) is 19.3 Å². The van der Waals surface area contributed by atoms with Gasteiger partial charge >= 0.3 is 0 Å². The van der Waals surface area contributed by atoms with E-state index >= 15 is 0 Å². The monoisotopic (exact) mass is 352 g/mol. The van der Waals surface area contributed by atoms with Crippen LogP contribution < -0.4 is 5.56 Å². The summed E-state index contributed by atoms with van der Waals surface area (Å²) in [5.74, 6) is 0.0259. The lowest BCUT2D eigenvalue weighted by Gasteiger charge is -2.31. The van der Waals surface area contributed by atoms with Crippen molar-refractivity contribution < 1.29 is 4.79 Å². The van der Waals surface area contributed by atoms with Gasteiger partial charge < -0.3 is 4.90 Å². The van der Waals surface area contributed by atoms with Crippen LogP contribution in [0.2, 0.25) is 0 Å². The standard InChI is InChI=1S/C18H20N6O2/c1-2-13-8-17(25)24-16(21-13)9-14(22-24)12-4-3-7-23(11-12)18(26)15-10-19-5-6-20-15/h5-6,8-10,12,22H,2-4,7,11H2,1H3/t12-/m0/s1. The van der Waals surface area contributed by atoms with Crippen molar-refractivity contribution in [3.63, 3.8) is 0 Å². The van der Waals surface area contributed by atoms with Gasteiger partial charge in [0.05, 0.1) is 6.20 Å². The summed E-state index contributed by atoms with van der Waals surface area (Å²) in [7, 11) is 0. The number of aryl methyl sites for hydroxylation is 1. The van der Waals surface area contributed by atoms with Crippen LogP contribution in [0.3, 0.4) is 0 Å². The zero-order valence-corrected chi connectivity index (χ0v) is 14.6. The summed E-state index contributed by atoms with van der Waals surface area (Å²) in [5.41, 5.74) is 2.58. The van der Waals surface area contributed by atoms with E-state index in [2.05, 4.69) is 20.1 Å². The number of H-pyrrole nitrogens is 1. The van der Waals surface area contributed by atoms with Gasteiger partial charge in [-0.15, -0.1) is 0 Å². The molecule has 0 radical (unpaired) electrons. The Kier molecular flexibility index (Phi) is 4.24. The van der Waals surface area contributed by atoms with Gasteiger partial charge in [-0.25, -0.2) is 14.5 Å². The predicted molar refractivity (Wildman–Crippen MR) is 95.1 cm³/mol. The maximum absolute atomic E-state index is 12.6. The van der Waals surface area contributed by atoms with E-state index in [9.17, 15) is 9.59 Å². The van der Waals surface area contributed by atoms with Gasteiger partial charge in [0, 0.05) is 54.9 Å². The van der Waals surface area contributed by atoms with Crippen LogP contribution in [0.1, 0.15) is 47.6 Å². The summed E-state index contributed by atoms with van der Waals surface area (Å²) in [6, 6.07) is 3.47. The number of nitrogens with zero attached hydrogens (tertiary/aromatic N) is 5. The molecule has 4 heterocycles. The van der Waals surface area contributed by atoms with E-state index in [1.54, 1.807) is 17.2 Å². The lowest BCUT2D eigenvalue weighted by atomic mass is 9.94. The van der Waals surface area contributed by atoms with Crippen LogP contribution in [0.15, 0.2) is 35.5 Å². The molecule has 0 spiro atoms. The topological polar surface area (TPSA) is 96.2 Å². The summed E-state index contributed by atoms with van der Waals surface area (Å²) in [6.07, 6.45) is 7.13. The van der Waals surface area contributed by atoms with Crippen LogP contribution in [0.4, 0.5) is 0 Å². The molecule has 4 rings (SSSR count). The van der Waals surface area contributed by atoms with Crippen molar-refractivity contribution in [2.45, 2.75) is 32.1 Å². The van der Waals surface area contributed by atoms with Crippen LogP contribution in [0, 0.1) is 0 Å². The first-order valence-corrected chi connectivity index (χ1v) is 8.82. The van der Waals surface area contributed by atoms with Crippen LogP contribution >= 0.6 is 0 Å². The van der Waals surface area contributed by atoms with Crippen molar-refractivity contribution in [2.24, 2.45) is 0 Å². The first-order chi connectivity index (χ1) is 12.7. The van der Waals surface area contributed by atoms with Gasteiger partial charge in [0.15, 0.2) is 5.65 Å². The second-order valence-electron chi connectivity index (χ2n) is 6.53. The van der Waals surface area contributed by atoms with Crippen molar-refractivity contribution in [2.75, 3.05) is 13.1 Å². The van der Waals surface area contributed by atoms with Gasteiger partial charge in [-0.3, -0.25) is 19.7 Å². The zero-order chi connectivity index (χ0) is 18.1. The normalized spacial score (nSPS) is 17.6. The average Bonchev–Trinajstić information content (AvgIpc) is 3.13. The lowest BCUT2D eigenvalue weighted by molar-refractivity contribution is 0.0699. The molecule has 0 unspecified atom stereocenters. The van der Waals surface area contributed by atoms with E-state index in [4.69, 9.17) is 0 Å². The quantitative estimate of drug-likeness (QED) is 0.768. The molecule has 1 amide bonds. The second kappa shape index (κ2) is 6.70. The molecule has 0 aromatic carbocycles. The van der Waals surface area contributed by atoms with Crippen LogP contribution in [-0.4, -0.2) is 48.5 Å². The summed E-state index contributed by atoms with van der Waals surface area (Å²) in [6.45, 7) is 3.25. The third kappa shape index (κ3) is 2.98. The number of amides is 1. The number of likely N-dealkylation sites (tertiary alicyclic amines) is 1. The molecule has 1 atom stereocenters. The summed E-state index contributed by atoms with van der Waals surface area (Å²) in [5, 5.41) is 3.16. The Labute approximate surface area is 149 Å².